The lowest BCUT2D eigenvalue weighted by atomic mass is 9.65. The molecule has 144 valence electrons. The Hall–Kier alpha value is -1.92. The number of esters is 1. The van der Waals surface area contributed by atoms with Gasteiger partial charge in [0.15, 0.2) is 0 Å². The summed E-state index contributed by atoms with van der Waals surface area (Å²) in [7, 11) is 1.45. The van der Waals surface area contributed by atoms with Crippen LogP contribution in [0.4, 0.5) is 5.69 Å². The topological polar surface area (TPSA) is 67.9 Å². The van der Waals surface area contributed by atoms with Crippen molar-refractivity contribution in [3.05, 3.63) is 29.8 Å². The van der Waals surface area contributed by atoms with E-state index in [4.69, 9.17) is 9.47 Å². The zero-order valence-corrected chi connectivity index (χ0v) is 15.8. The Morgan fingerprint density at radius 2 is 2.15 bits per heavy atom. The highest BCUT2D eigenvalue weighted by molar-refractivity contribution is 6.07. The number of fused-ring (bicyclic) bond motifs is 5. The molecule has 0 bridgehead atoms. The van der Waals surface area contributed by atoms with E-state index in [1.54, 1.807) is 0 Å². The largest absolute Gasteiger partial charge is 0.469 e. The number of rotatable bonds is 1. The van der Waals surface area contributed by atoms with E-state index in [-0.39, 0.29) is 35.9 Å². The molecule has 4 aliphatic heterocycles. The summed E-state index contributed by atoms with van der Waals surface area (Å²) in [4.78, 5) is 28.0. The number of anilines is 1. The summed E-state index contributed by atoms with van der Waals surface area (Å²) in [6.07, 6.45) is 1.79. The van der Waals surface area contributed by atoms with Gasteiger partial charge in [-0.05, 0) is 43.9 Å². The van der Waals surface area contributed by atoms with Crippen molar-refractivity contribution >= 4 is 17.6 Å². The van der Waals surface area contributed by atoms with Gasteiger partial charge >= 0.3 is 5.97 Å². The first-order chi connectivity index (χ1) is 13.1. The van der Waals surface area contributed by atoms with E-state index < -0.39 is 5.41 Å². The smallest absolute Gasteiger partial charge is 0.311 e. The van der Waals surface area contributed by atoms with Gasteiger partial charge in [-0.2, -0.15) is 0 Å². The maximum absolute atomic E-state index is 13.2. The van der Waals surface area contributed by atoms with Crippen LogP contribution in [0.15, 0.2) is 24.3 Å². The highest BCUT2D eigenvalue weighted by atomic mass is 16.5. The van der Waals surface area contributed by atoms with E-state index >= 15 is 0 Å². The maximum atomic E-state index is 13.2. The Bertz CT molecular complexity index is 796. The molecule has 1 aromatic rings. The summed E-state index contributed by atoms with van der Waals surface area (Å²) in [5.41, 5.74) is 1.57. The predicted octanol–water partition coefficient (Wildman–Crippen LogP) is 1.79. The van der Waals surface area contributed by atoms with Crippen molar-refractivity contribution in [2.24, 2.45) is 17.8 Å². The van der Waals surface area contributed by atoms with Gasteiger partial charge in [0, 0.05) is 24.2 Å². The third-order valence-electron chi connectivity index (χ3n) is 7.52. The standard InChI is InChI=1S/C21H26N2O4/c1-12-14-10-23-8-7-21(16-5-3-4-6-17(16)22-20(21)25)18(23)9-13(14)15(11-27-12)19(24)26-2/h3-6,12-15,18H,7-11H2,1-2H3,(H,22,25)/t12-,13+,14-,15-,18-,21+/m0/s1. The minimum Gasteiger partial charge on any atom is -0.469 e. The van der Waals surface area contributed by atoms with Crippen molar-refractivity contribution in [1.29, 1.82) is 0 Å². The molecule has 0 unspecified atom stereocenters. The molecule has 27 heavy (non-hydrogen) atoms. The maximum Gasteiger partial charge on any atom is 0.311 e. The van der Waals surface area contributed by atoms with E-state index in [1.807, 2.05) is 18.2 Å². The number of carbonyl (C=O) groups is 2. The zero-order valence-electron chi connectivity index (χ0n) is 15.8. The average Bonchev–Trinajstić information content (AvgIpc) is 3.20. The number of nitrogens with one attached hydrogen (secondary N) is 1. The minimum absolute atomic E-state index is 0.115. The number of amides is 1. The van der Waals surface area contributed by atoms with Crippen LogP contribution in [0.5, 0.6) is 0 Å². The van der Waals surface area contributed by atoms with Gasteiger partial charge in [0.1, 0.15) is 0 Å². The highest BCUT2D eigenvalue weighted by Crippen LogP contribution is 2.54. The second kappa shape index (κ2) is 6.04. The van der Waals surface area contributed by atoms with E-state index in [0.717, 1.165) is 37.2 Å². The van der Waals surface area contributed by atoms with Gasteiger partial charge in [0.05, 0.1) is 31.2 Å². The number of hydrogen-bond acceptors (Lipinski definition) is 5. The van der Waals surface area contributed by atoms with Gasteiger partial charge in [0.25, 0.3) is 0 Å². The van der Waals surface area contributed by atoms with Crippen LogP contribution in [0.3, 0.4) is 0 Å². The molecule has 0 aliphatic carbocycles. The number of nitrogens with zero attached hydrogens (tertiary/aromatic N) is 1. The Kier molecular flexibility index (Phi) is 3.85. The first kappa shape index (κ1) is 17.2. The molecule has 1 spiro atoms. The molecule has 5 rings (SSSR count). The lowest BCUT2D eigenvalue weighted by Crippen LogP contribution is -2.59. The number of para-hydroxylation sites is 1. The zero-order chi connectivity index (χ0) is 18.8. The summed E-state index contributed by atoms with van der Waals surface area (Å²) < 4.78 is 11.0. The Labute approximate surface area is 159 Å². The van der Waals surface area contributed by atoms with Crippen molar-refractivity contribution in [2.75, 3.05) is 32.1 Å². The van der Waals surface area contributed by atoms with Gasteiger partial charge in [0.2, 0.25) is 5.91 Å². The third-order valence-corrected chi connectivity index (χ3v) is 7.52. The van der Waals surface area contributed by atoms with Crippen LogP contribution < -0.4 is 5.32 Å². The second-order valence-electron chi connectivity index (χ2n) is 8.46. The fourth-order valence-electron chi connectivity index (χ4n) is 6.13. The summed E-state index contributed by atoms with van der Waals surface area (Å²) >= 11 is 0. The molecular formula is C21H26N2O4. The van der Waals surface area contributed by atoms with Gasteiger partial charge < -0.3 is 14.8 Å². The summed E-state index contributed by atoms with van der Waals surface area (Å²) in [5.74, 6) is 0.181. The van der Waals surface area contributed by atoms with E-state index in [0.29, 0.717) is 12.5 Å². The van der Waals surface area contributed by atoms with Crippen LogP contribution in [0, 0.1) is 17.8 Å². The van der Waals surface area contributed by atoms with Crippen LogP contribution in [-0.4, -0.2) is 55.7 Å². The molecule has 1 N–H and O–H groups in total. The van der Waals surface area contributed by atoms with E-state index in [1.165, 1.54) is 7.11 Å². The number of hydrogen-bond donors (Lipinski definition) is 1. The Morgan fingerprint density at radius 3 is 2.96 bits per heavy atom. The minimum atomic E-state index is -0.496. The number of benzene rings is 1. The molecule has 6 heteroatoms. The highest BCUT2D eigenvalue weighted by Gasteiger charge is 2.61. The van der Waals surface area contributed by atoms with Crippen LogP contribution in [-0.2, 0) is 24.5 Å². The molecule has 1 amide bonds. The van der Waals surface area contributed by atoms with Crippen molar-refractivity contribution in [2.45, 2.75) is 37.3 Å². The number of methoxy groups -OCH3 is 1. The van der Waals surface area contributed by atoms with Crippen molar-refractivity contribution in [1.82, 2.24) is 4.90 Å². The van der Waals surface area contributed by atoms with Crippen LogP contribution in [0.25, 0.3) is 0 Å². The molecular weight excluding hydrogens is 344 g/mol. The molecule has 4 heterocycles. The van der Waals surface area contributed by atoms with Gasteiger partial charge in [-0.3, -0.25) is 14.5 Å². The third kappa shape index (κ3) is 2.26. The first-order valence-electron chi connectivity index (χ1n) is 9.90. The second-order valence-corrected chi connectivity index (χ2v) is 8.46. The van der Waals surface area contributed by atoms with Crippen molar-refractivity contribution in [3.8, 4) is 0 Å². The summed E-state index contributed by atoms with van der Waals surface area (Å²) in [6, 6.07) is 8.19. The van der Waals surface area contributed by atoms with E-state index in [9.17, 15) is 9.59 Å². The molecule has 0 radical (unpaired) electrons. The quantitative estimate of drug-likeness (QED) is 0.764. The van der Waals surface area contributed by atoms with Gasteiger partial charge in [-0.1, -0.05) is 18.2 Å². The monoisotopic (exact) mass is 370 g/mol. The average molecular weight is 370 g/mol. The predicted molar refractivity (Wildman–Crippen MR) is 99.2 cm³/mol. The lowest BCUT2D eigenvalue weighted by Gasteiger charge is -2.50. The Balaban J connectivity index is 1.53. The van der Waals surface area contributed by atoms with Crippen molar-refractivity contribution < 1.29 is 19.1 Å². The SMILES string of the molecule is COC(=O)[C@H]1CO[C@@H](C)[C@@H]2CN3CC[C@]4(C(=O)Nc5ccccc54)[C@@H]3C[C@H]21. The molecule has 0 saturated carbocycles. The molecule has 0 aromatic heterocycles. The fraction of sp³-hybridized carbons (Fsp3) is 0.619. The van der Waals surface area contributed by atoms with Crippen LogP contribution in [0.2, 0.25) is 0 Å². The molecule has 1 aromatic carbocycles. The first-order valence-corrected chi connectivity index (χ1v) is 9.90. The van der Waals surface area contributed by atoms with Gasteiger partial charge in [-0.25, -0.2) is 0 Å². The molecule has 3 saturated heterocycles. The van der Waals surface area contributed by atoms with E-state index in [2.05, 4.69) is 23.2 Å². The molecule has 4 aliphatic rings. The number of ether oxygens (including phenoxy) is 2. The normalized spacial score (nSPS) is 40.2. The molecule has 6 nitrogen and oxygen atoms in total. The number of carbonyl (C=O) groups excluding carboxylic acids is 2. The summed E-state index contributed by atoms with van der Waals surface area (Å²) in [5, 5.41) is 3.11. The fourth-order valence-corrected chi connectivity index (χ4v) is 6.13. The number of piperidine rings is 1. The van der Waals surface area contributed by atoms with Crippen LogP contribution in [0.1, 0.15) is 25.3 Å². The lowest BCUT2D eigenvalue weighted by molar-refractivity contribution is -0.169. The molecule has 6 atom stereocenters. The molecule has 3 fully saturated rings. The van der Waals surface area contributed by atoms with Gasteiger partial charge in [-0.15, -0.1) is 0 Å². The Morgan fingerprint density at radius 1 is 1.33 bits per heavy atom. The summed E-state index contributed by atoms with van der Waals surface area (Å²) in [6.45, 7) is 4.30. The van der Waals surface area contributed by atoms with Crippen molar-refractivity contribution in [3.63, 3.8) is 0 Å². The van der Waals surface area contributed by atoms with Crippen LogP contribution >= 0.6 is 0 Å².